The molecule has 0 saturated carbocycles. The van der Waals surface area contributed by atoms with E-state index in [0.717, 1.165) is 22.7 Å². The Hall–Kier alpha value is -0.580. The van der Waals surface area contributed by atoms with Gasteiger partial charge in [-0.2, -0.15) is 11.8 Å². The van der Waals surface area contributed by atoms with Crippen molar-refractivity contribution in [2.75, 3.05) is 12.0 Å². The zero-order chi connectivity index (χ0) is 11.5. The second-order valence-electron chi connectivity index (χ2n) is 3.86. The van der Waals surface area contributed by atoms with Gasteiger partial charge in [0.15, 0.2) is 0 Å². The van der Waals surface area contributed by atoms with Crippen LogP contribution in [0.15, 0.2) is 18.2 Å². The maximum atomic E-state index is 6.13. The van der Waals surface area contributed by atoms with Gasteiger partial charge in [0.2, 0.25) is 0 Å². The van der Waals surface area contributed by atoms with E-state index in [0.29, 0.717) is 0 Å². The minimum absolute atomic E-state index is 0.0873. The molecule has 1 unspecified atom stereocenters. The maximum Gasteiger partial charge on any atom is 0.111 e. The highest BCUT2D eigenvalue weighted by Gasteiger charge is 2.12. The smallest absolute Gasteiger partial charge is 0.111 e. The van der Waals surface area contributed by atoms with Crippen molar-refractivity contribution in [3.05, 3.63) is 28.8 Å². The monoisotopic (exact) mass is 252 g/mol. The van der Waals surface area contributed by atoms with Crippen LogP contribution >= 0.6 is 23.1 Å². The average Bonchev–Trinajstić information content (AvgIpc) is 2.71. The van der Waals surface area contributed by atoms with Crippen molar-refractivity contribution in [3.63, 3.8) is 0 Å². The number of hydrogen-bond donors (Lipinski definition) is 1. The standard InChI is InChI=1S/C12H16N2S2/c1-8-4-3-5-10-11(8)14-12(16-10)9(13)6-7-15-2/h3-5,9H,6-7,13H2,1-2H3. The zero-order valence-electron chi connectivity index (χ0n) is 9.56. The summed E-state index contributed by atoms with van der Waals surface area (Å²) in [6, 6.07) is 6.38. The normalized spacial score (nSPS) is 13.2. The molecule has 2 nitrogen and oxygen atoms in total. The van der Waals surface area contributed by atoms with E-state index in [1.54, 1.807) is 11.3 Å². The fourth-order valence-corrected chi connectivity index (χ4v) is 3.20. The molecule has 4 heteroatoms. The predicted molar refractivity (Wildman–Crippen MR) is 74.3 cm³/mol. The van der Waals surface area contributed by atoms with Gasteiger partial charge in [-0.1, -0.05) is 12.1 Å². The molecule has 0 fully saturated rings. The van der Waals surface area contributed by atoms with Crippen LogP contribution in [0.2, 0.25) is 0 Å². The lowest BCUT2D eigenvalue weighted by Gasteiger charge is -2.05. The number of aromatic nitrogens is 1. The Balaban J connectivity index is 2.29. The number of hydrogen-bond acceptors (Lipinski definition) is 4. The van der Waals surface area contributed by atoms with Gasteiger partial charge in [0.25, 0.3) is 0 Å². The van der Waals surface area contributed by atoms with Crippen molar-refractivity contribution in [3.8, 4) is 0 Å². The summed E-state index contributed by atoms with van der Waals surface area (Å²) in [5, 5.41) is 1.07. The molecule has 0 aliphatic rings. The van der Waals surface area contributed by atoms with Crippen LogP contribution in [0, 0.1) is 6.92 Å². The fourth-order valence-electron chi connectivity index (χ4n) is 1.63. The molecule has 0 aliphatic heterocycles. The highest BCUT2D eigenvalue weighted by atomic mass is 32.2. The first kappa shape index (κ1) is 11.9. The van der Waals surface area contributed by atoms with Crippen molar-refractivity contribution in [2.24, 2.45) is 5.73 Å². The Morgan fingerprint density at radius 2 is 2.31 bits per heavy atom. The Labute approximate surface area is 104 Å². The molecular weight excluding hydrogens is 236 g/mol. The van der Waals surface area contributed by atoms with Gasteiger partial charge < -0.3 is 5.73 Å². The lowest BCUT2D eigenvalue weighted by molar-refractivity contribution is 0.701. The molecule has 0 saturated heterocycles. The van der Waals surface area contributed by atoms with Gasteiger partial charge >= 0.3 is 0 Å². The number of nitrogens with zero attached hydrogens (tertiary/aromatic N) is 1. The number of benzene rings is 1. The van der Waals surface area contributed by atoms with E-state index in [4.69, 9.17) is 5.73 Å². The van der Waals surface area contributed by atoms with Crippen LogP contribution < -0.4 is 5.73 Å². The summed E-state index contributed by atoms with van der Waals surface area (Å²) >= 11 is 3.56. The molecule has 0 amide bonds. The molecule has 86 valence electrons. The molecule has 1 atom stereocenters. The second-order valence-corrected chi connectivity index (χ2v) is 5.91. The maximum absolute atomic E-state index is 6.13. The van der Waals surface area contributed by atoms with Crippen LogP contribution in [0.5, 0.6) is 0 Å². The largest absolute Gasteiger partial charge is 0.322 e. The second kappa shape index (κ2) is 5.17. The van der Waals surface area contributed by atoms with Crippen LogP contribution in [-0.2, 0) is 0 Å². The molecule has 2 N–H and O–H groups in total. The summed E-state index contributed by atoms with van der Waals surface area (Å²) < 4.78 is 1.25. The first-order chi connectivity index (χ1) is 7.72. The van der Waals surface area contributed by atoms with Gasteiger partial charge in [-0.25, -0.2) is 4.98 Å². The number of nitrogens with two attached hydrogens (primary N) is 1. The van der Waals surface area contributed by atoms with Crippen LogP contribution in [0.3, 0.4) is 0 Å². The number of rotatable bonds is 4. The average molecular weight is 252 g/mol. The van der Waals surface area contributed by atoms with Gasteiger partial charge in [-0.05, 0) is 37.0 Å². The van der Waals surface area contributed by atoms with Crippen molar-refractivity contribution in [1.29, 1.82) is 0 Å². The molecule has 0 aliphatic carbocycles. The van der Waals surface area contributed by atoms with E-state index in [2.05, 4.69) is 36.4 Å². The van der Waals surface area contributed by atoms with E-state index < -0.39 is 0 Å². The molecule has 1 heterocycles. The third kappa shape index (κ3) is 2.39. The summed E-state index contributed by atoms with van der Waals surface area (Å²) in [6.45, 7) is 2.10. The van der Waals surface area contributed by atoms with Gasteiger partial charge in [0.05, 0.1) is 16.3 Å². The minimum atomic E-state index is 0.0873. The topological polar surface area (TPSA) is 38.9 Å². The van der Waals surface area contributed by atoms with E-state index >= 15 is 0 Å². The number of para-hydroxylation sites is 1. The Bertz CT molecular complexity index is 479. The number of fused-ring (bicyclic) bond motifs is 1. The van der Waals surface area contributed by atoms with Crippen LogP contribution in [0.4, 0.5) is 0 Å². The molecule has 0 bridgehead atoms. The molecular formula is C12H16N2S2. The molecule has 0 spiro atoms. The lowest BCUT2D eigenvalue weighted by atomic mass is 10.2. The molecule has 2 aromatic rings. The first-order valence-corrected chi connectivity index (χ1v) is 7.54. The summed E-state index contributed by atoms with van der Waals surface area (Å²) in [7, 11) is 0. The van der Waals surface area contributed by atoms with E-state index in [1.807, 2.05) is 11.8 Å². The predicted octanol–water partition coefficient (Wildman–Crippen LogP) is 3.36. The van der Waals surface area contributed by atoms with E-state index in [9.17, 15) is 0 Å². The highest BCUT2D eigenvalue weighted by Crippen LogP contribution is 2.28. The summed E-state index contributed by atoms with van der Waals surface area (Å²) in [5.74, 6) is 1.09. The quantitative estimate of drug-likeness (QED) is 0.907. The van der Waals surface area contributed by atoms with E-state index in [1.165, 1.54) is 10.3 Å². The van der Waals surface area contributed by atoms with Gasteiger partial charge in [-0.3, -0.25) is 0 Å². The summed E-state index contributed by atoms with van der Waals surface area (Å²) in [5.41, 5.74) is 8.48. The van der Waals surface area contributed by atoms with Crippen LogP contribution in [0.25, 0.3) is 10.2 Å². The molecule has 16 heavy (non-hydrogen) atoms. The third-order valence-corrected chi connectivity index (χ3v) is 4.38. The summed E-state index contributed by atoms with van der Waals surface area (Å²) in [4.78, 5) is 4.65. The van der Waals surface area contributed by atoms with Crippen molar-refractivity contribution >= 4 is 33.3 Å². The van der Waals surface area contributed by atoms with Crippen LogP contribution in [0.1, 0.15) is 23.0 Å². The lowest BCUT2D eigenvalue weighted by Crippen LogP contribution is -2.10. The first-order valence-electron chi connectivity index (χ1n) is 5.33. The minimum Gasteiger partial charge on any atom is -0.322 e. The van der Waals surface area contributed by atoms with Crippen molar-refractivity contribution in [1.82, 2.24) is 4.98 Å². The van der Waals surface area contributed by atoms with E-state index in [-0.39, 0.29) is 6.04 Å². The Morgan fingerprint density at radius 3 is 3.00 bits per heavy atom. The Kier molecular flexibility index (Phi) is 3.84. The molecule has 1 aromatic heterocycles. The van der Waals surface area contributed by atoms with Gasteiger partial charge in [0, 0.05) is 0 Å². The SMILES string of the molecule is CSCCC(N)c1nc2c(C)cccc2s1. The zero-order valence-corrected chi connectivity index (χ0v) is 11.2. The summed E-state index contributed by atoms with van der Waals surface area (Å²) in [6.07, 6.45) is 3.11. The Morgan fingerprint density at radius 1 is 1.50 bits per heavy atom. The molecule has 1 aromatic carbocycles. The fraction of sp³-hybridized carbons (Fsp3) is 0.417. The number of thiazole rings is 1. The molecule has 2 rings (SSSR count). The van der Waals surface area contributed by atoms with Gasteiger partial charge in [-0.15, -0.1) is 11.3 Å². The van der Waals surface area contributed by atoms with Crippen LogP contribution in [-0.4, -0.2) is 17.0 Å². The molecule has 0 radical (unpaired) electrons. The number of thioether (sulfide) groups is 1. The van der Waals surface area contributed by atoms with Crippen molar-refractivity contribution < 1.29 is 0 Å². The highest BCUT2D eigenvalue weighted by molar-refractivity contribution is 7.98. The van der Waals surface area contributed by atoms with Gasteiger partial charge in [0.1, 0.15) is 5.01 Å². The third-order valence-electron chi connectivity index (χ3n) is 2.59. The van der Waals surface area contributed by atoms with Crippen molar-refractivity contribution in [2.45, 2.75) is 19.4 Å². The number of aryl methyl sites for hydroxylation is 1.